The molecule has 2 saturated carbocycles. The second-order valence-corrected chi connectivity index (χ2v) is 15.4. The normalized spacial score (nSPS) is 17.0. The Morgan fingerprint density at radius 3 is 1.53 bits per heavy atom. The van der Waals surface area contributed by atoms with Crippen molar-refractivity contribution in [2.75, 3.05) is 0 Å². The summed E-state index contributed by atoms with van der Waals surface area (Å²) in [6.45, 7) is 0. The number of hydrogen-bond acceptors (Lipinski definition) is 6. The van der Waals surface area contributed by atoms with E-state index in [1.165, 1.54) is 37.7 Å². The molecule has 0 amide bonds. The second kappa shape index (κ2) is 14.5. The van der Waals surface area contributed by atoms with Crippen molar-refractivity contribution in [3.8, 4) is 85.3 Å². The molecule has 8 aromatic rings. The summed E-state index contributed by atoms with van der Waals surface area (Å²) in [6, 6.07) is 57.8. The molecule has 6 heteroatoms. The van der Waals surface area contributed by atoms with E-state index >= 15 is 0 Å². The fourth-order valence-electron chi connectivity index (χ4n) is 8.81. The van der Waals surface area contributed by atoms with Crippen LogP contribution in [0.5, 0.6) is 0 Å². The van der Waals surface area contributed by atoms with E-state index in [0.717, 1.165) is 61.8 Å². The van der Waals surface area contributed by atoms with Gasteiger partial charge in [0, 0.05) is 33.4 Å². The average Bonchev–Trinajstić information content (AvgIpc) is 3.93. The first-order valence-electron chi connectivity index (χ1n) is 19.7. The highest BCUT2D eigenvalue weighted by Gasteiger charge is 2.45. The van der Waals surface area contributed by atoms with Gasteiger partial charge in [-0.05, 0) is 96.5 Å². The van der Waals surface area contributed by atoms with Crippen LogP contribution in [0.25, 0.3) is 79.2 Å². The second-order valence-electron chi connectivity index (χ2n) is 15.4. The van der Waals surface area contributed by atoms with Crippen LogP contribution in [0.15, 0.2) is 164 Å². The molecule has 272 valence electrons. The molecule has 57 heavy (non-hydrogen) atoms. The first kappa shape index (κ1) is 34.4. The number of rotatable bonds is 8. The van der Waals surface area contributed by atoms with Crippen molar-refractivity contribution < 1.29 is 0 Å². The van der Waals surface area contributed by atoms with Gasteiger partial charge in [-0.1, -0.05) is 127 Å². The molecule has 0 radical (unpaired) electrons. The lowest BCUT2D eigenvalue weighted by molar-refractivity contribution is 0.419. The molecule has 2 heterocycles. The molecule has 2 bridgehead atoms. The monoisotopic (exact) mass is 734 g/mol. The van der Waals surface area contributed by atoms with Gasteiger partial charge in [0.15, 0.2) is 23.3 Å². The average molecular weight is 735 g/mol. The minimum Gasteiger partial charge on any atom is -0.228 e. The summed E-state index contributed by atoms with van der Waals surface area (Å²) in [6.07, 6.45) is 6.50. The molecule has 2 aliphatic rings. The summed E-state index contributed by atoms with van der Waals surface area (Å²) < 4.78 is 0. The molecule has 0 spiro atoms. The Labute approximate surface area is 332 Å². The fourth-order valence-corrected chi connectivity index (χ4v) is 8.81. The fraction of sp³-hybridized carbons (Fsp3) is 0.137. The molecule has 0 N–H and O–H groups in total. The smallest absolute Gasteiger partial charge is 0.164 e. The van der Waals surface area contributed by atoms with Crippen molar-refractivity contribution in [3.63, 3.8) is 0 Å². The number of nitrogens with zero attached hydrogens (tertiary/aromatic N) is 6. The minimum absolute atomic E-state index is 0.285. The molecule has 2 aliphatic carbocycles. The SMILES string of the molecule is N#Cc1ccc(-c2cccc(-c3nc(-c4ccccc4)cc(-c4cccc(-c5nc(-c6ccccc6)nc(-c6cccc(C78CCC(CC7)C8)c6)n5)c4)n3)c2)cc1. The lowest BCUT2D eigenvalue weighted by atomic mass is 9.77. The topological polar surface area (TPSA) is 88.2 Å². The van der Waals surface area contributed by atoms with Crippen LogP contribution >= 0.6 is 0 Å². The van der Waals surface area contributed by atoms with Gasteiger partial charge in [0.2, 0.25) is 0 Å². The predicted molar refractivity (Wildman–Crippen MR) is 226 cm³/mol. The van der Waals surface area contributed by atoms with Crippen LogP contribution in [-0.4, -0.2) is 24.9 Å². The van der Waals surface area contributed by atoms with Gasteiger partial charge in [-0.2, -0.15) is 5.26 Å². The van der Waals surface area contributed by atoms with Gasteiger partial charge in [-0.25, -0.2) is 24.9 Å². The van der Waals surface area contributed by atoms with E-state index in [-0.39, 0.29) is 5.41 Å². The van der Waals surface area contributed by atoms with Gasteiger partial charge in [0.1, 0.15) is 0 Å². The Morgan fingerprint density at radius 1 is 0.421 bits per heavy atom. The summed E-state index contributed by atoms with van der Waals surface area (Å²) in [5.74, 6) is 3.41. The molecular weight excluding hydrogens is 697 g/mol. The van der Waals surface area contributed by atoms with Crippen LogP contribution in [0.2, 0.25) is 0 Å². The number of benzene rings is 6. The molecule has 0 saturated heterocycles. The number of hydrogen-bond donors (Lipinski definition) is 0. The van der Waals surface area contributed by atoms with Gasteiger partial charge in [-0.3, -0.25) is 0 Å². The first-order chi connectivity index (χ1) is 28.1. The maximum absolute atomic E-state index is 9.32. The third-order valence-corrected chi connectivity index (χ3v) is 11.8. The van der Waals surface area contributed by atoms with E-state index in [9.17, 15) is 5.26 Å². The van der Waals surface area contributed by atoms with Gasteiger partial charge >= 0.3 is 0 Å². The van der Waals surface area contributed by atoms with Crippen molar-refractivity contribution in [3.05, 3.63) is 175 Å². The highest BCUT2D eigenvalue weighted by atomic mass is 15.0. The lowest BCUT2D eigenvalue weighted by Crippen LogP contribution is -2.19. The molecule has 0 atom stereocenters. The van der Waals surface area contributed by atoms with Crippen LogP contribution in [0.4, 0.5) is 0 Å². The summed E-state index contributed by atoms with van der Waals surface area (Å²) in [5, 5.41) is 9.32. The lowest BCUT2D eigenvalue weighted by Gasteiger charge is -2.27. The highest BCUT2D eigenvalue weighted by Crippen LogP contribution is 2.55. The molecule has 6 nitrogen and oxygen atoms in total. The number of fused-ring (bicyclic) bond motifs is 2. The van der Waals surface area contributed by atoms with Gasteiger partial charge in [0.25, 0.3) is 0 Å². The summed E-state index contributed by atoms with van der Waals surface area (Å²) in [7, 11) is 0. The van der Waals surface area contributed by atoms with Gasteiger partial charge in [-0.15, -0.1) is 0 Å². The van der Waals surface area contributed by atoms with E-state index < -0.39 is 0 Å². The Balaban J connectivity index is 1.07. The van der Waals surface area contributed by atoms with Crippen LogP contribution in [-0.2, 0) is 5.41 Å². The summed E-state index contributed by atoms with van der Waals surface area (Å²) >= 11 is 0. The Kier molecular flexibility index (Phi) is 8.76. The Hall–Kier alpha value is -7.10. The molecule has 10 rings (SSSR count). The van der Waals surface area contributed by atoms with Crippen LogP contribution < -0.4 is 0 Å². The molecule has 6 aromatic carbocycles. The van der Waals surface area contributed by atoms with Crippen molar-refractivity contribution in [2.24, 2.45) is 5.92 Å². The zero-order valence-electron chi connectivity index (χ0n) is 31.4. The van der Waals surface area contributed by atoms with Crippen molar-refractivity contribution in [1.82, 2.24) is 24.9 Å². The number of aromatic nitrogens is 5. The Morgan fingerprint density at radius 2 is 0.912 bits per heavy atom. The third-order valence-electron chi connectivity index (χ3n) is 11.8. The van der Waals surface area contributed by atoms with Crippen LogP contribution in [0, 0.1) is 17.2 Å². The standard InChI is InChI=1S/C51H38N6/c52-33-35-20-22-36(23-21-35)39-14-7-16-41(28-39)48-53-45(37-10-3-1-4-11-37)31-46(54-48)40-15-8-17-42(29-40)49-55-47(38-12-5-2-6-13-38)56-50(57-49)43-18-9-19-44(30-43)51-26-24-34(32-51)25-27-51/h1-23,28-31,34H,24-27,32H2. The summed E-state index contributed by atoms with van der Waals surface area (Å²) in [4.78, 5) is 25.6. The molecular formula is C51H38N6. The first-order valence-corrected chi connectivity index (χ1v) is 19.7. The van der Waals surface area contributed by atoms with E-state index in [1.54, 1.807) is 0 Å². The number of nitriles is 1. The quantitative estimate of drug-likeness (QED) is 0.154. The van der Waals surface area contributed by atoms with Crippen molar-refractivity contribution in [1.29, 1.82) is 5.26 Å². The van der Waals surface area contributed by atoms with E-state index in [0.29, 0.717) is 28.9 Å². The van der Waals surface area contributed by atoms with Crippen LogP contribution in [0.1, 0.15) is 43.2 Å². The van der Waals surface area contributed by atoms with Gasteiger partial charge < -0.3 is 0 Å². The van der Waals surface area contributed by atoms with Crippen molar-refractivity contribution >= 4 is 0 Å². The Bertz CT molecular complexity index is 2780. The molecule has 0 unspecified atom stereocenters. The minimum atomic E-state index is 0.285. The molecule has 0 aliphatic heterocycles. The van der Waals surface area contributed by atoms with Crippen LogP contribution in [0.3, 0.4) is 0 Å². The zero-order valence-corrected chi connectivity index (χ0v) is 31.4. The molecule has 2 fully saturated rings. The maximum Gasteiger partial charge on any atom is 0.164 e. The van der Waals surface area contributed by atoms with E-state index in [2.05, 4.69) is 91.0 Å². The zero-order chi connectivity index (χ0) is 38.2. The third kappa shape index (κ3) is 6.79. The predicted octanol–water partition coefficient (Wildman–Crippen LogP) is 12.0. The highest BCUT2D eigenvalue weighted by molar-refractivity contribution is 5.77. The summed E-state index contributed by atoms with van der Waals surface area (Å²) in [5.41, 5.74) is 11.7. The largest absolute Gasteiger partial charge is 0.228 e. The van der Waals surface area contributed by atoms with Crippen molar-refractivity contribution in [2.45, 2.75) is 37.5 Å². The molecule has 2 aromatic heterocycles. The maximum atomic E-state index is 9.32. The van der Waals surface area contributed by atoms with E-state index in [4.69, 9.17) is 24.9 Å². The van der Waals surface area contributed by atoms with Gasteiger partial charge in [0.05, 0.1) is 23.0 Å². The van der Waals surface area contributed by atoms with E-state index in [1.807, 2.05) is 78.9 Å².